The molecule has 1 aliphatic heterocycles. The summed E-state index contributed by atoms with van der Waals surface area (Å²) in [6.45, 7) is 5.17. The smallest absolute Gasteiger partial charge is 0.250 e. The van der Waals surface area contributed by atoms with Gasteiger partial charge in [0.2, 0.25) is 5.91 Å². The number of carbonyl (C=O) groups excluding carboxylic acids is 1. The minimum absolute atomic E-state index is 0.0594. The van der Waals surface area contributed by atoms with Crippen molar-refractivity contribution < 1.29 is 9.21 Å². The first-order chi connectivity index (χ1) is 10.5. The Bertz CT molecular complexity index is 745. The maximum absolute atomic E-state index is 12.4. The molecule has 0 radical (unpaired) electrons. The first-order valence-electron chi connectivity index (χ1n) is 7.46. The van der Waals surface area contributed by atoms with Crippen molar-refractivity contribution in [2.24, 2.45) is 0 Å². The highest BCUT2D eigenvalue weighted by molar-refractivity contribution is 5.76. The third-order valence-corrected chi connectivity index (χ3v) is 3.80. The van der Waals surface area contributed by atoms with Crippen molar-refractivity contribution in [3.05, 3.63) is 52.1 Å². The van der Waals surface area contributed by atoms with Gasteiger partial charge in [-0.3, -0.25) is 9.59 Å². The first kappa shape index (κ1) is 14.6. The Labute approximate surface area is 128 Å². The van der Waals surface area contributed by atoms with Gasteiger partial charge in [-0.1, -0.05) is 19.9 Å². The van der Waals surface area contributed by atoms with E-state index in [1.165, 1.54) is 10.6 Å². The van der Waals surface area contributed by atoms with Crippen LogP contribution in [0.3, 0.4) is 0 Å². The van der Waals surface area contributed by atoms with Gasteiger partial charge in [0, 0.05) is 31.1 Å². The minimum atomic E-state index is -0.169. The number of oxazole rings is 1. The molecule has 2 aromatic heterocycles. The van der Waals surface area contributed by atoms with E-state index in [0.29, 0.717) is 19.5 Å². The predicted octanol–water partition coefficient (Wildman–Crippen LogP) is 1.54. The predicted molar refractivity (Wildman–Crippen MR) is 80.4 cm³/mol. The molecule has 6 heteroatoms. The second-order valence-electron chi connectivity index (χ2n) is 5.81. The van der Waals surface area contributed by atoms with Gasteiger partial charge in [0.15, 0.2) is 5.89 Å². The topological polar surface area (TPSA) is 68.3 Å². The largest absolute Gasteiger partial charge is 0.445 e. The fourth-order valence-corrected chi connectivity index (χ4v) is 2.52. The molecule has 0 bridgehead atoms. The first-order valence-corrected chi connectivity index (χ1v) is 7.46. The molecule has 0 aromatic carbocycles. The molecule has 2 aromatic rings. The summed E-state index contributed by atoms with van der Waals surface area (Å²) in [7, 11) is 0. The van der Waals surface area contributed by atoms with Crippen LogP contribution in [0.1, 0.15) is 37.1 Å². The average Bonchev–Trinajstić information content (AvgIpc) is 2.93. The molecule has 6 nitrogen and oxygen atoms in total. The summed E-state index contributed by atoms with van der Waals surface area (Å²) in [6, 6.07) is 4.86. The molecule has 0 unspecified atom stereocenters. The van der Waals surface area contributed by atoms with E-state index < -0.39 is 0 Å². The van der Waals surface area contributed by atoms with E-state index in [0.717, 1.165) is 17.3 Å². The monoisotopic (exact) mass is 301 g/mol. The van der Waals surface area contributed by atoms with E-state index in [-0.39, 0.29) is 23.9 Å². The van der Waals surface area contributed by atoms with Gasteiger partial charge in [-0.2, -0.15) is 0 Å². The van der Waals surface area contributed by atoms with Crippen LogP contribution in [0, 0.1) is 0 Å². The van der Waals surface area contributed by atoms with Crippen molar-refractivity contribution in [3.63, 3.8) is 0 Å². The van der Waals surface area contributed by atoms with Crippen molar-refractivity contribution in [2.75, 3.05) is 6.54 Å². The van der Waals surface area contributed by atoms with Crippen molar-refractivity contribution in [2.45, 2.75) is 39.3 Å². The molecular weight excluding hydrogens is 282 g/mol. The number of nitrogens with zero attached hydrogens (tertiary/aromatic N) is 3. The highest BCUT2D eigenvalue weighted by Gasteiger charge is 2.26. The van der Waals surface area contributed by atoms with E-state index in [1.54, 1.807) is 23.2 Å². The van der Waals surface area contributed by atoms with E-state index in [2.05, 4.69) is 4.98 Å². The summed E-state index contributed by atoms with van der Waals surface area (Å²) in [5.74, 6) is 1.76. The zero-order valence-corrected chi connectivity index (χ0v) is 12.8. The highest BCUT2D eigenvalue weighted by atomic mass is 16.4. The van der Waals surface area contributed by atoms with Crippen LogP contribution in [0.2, 0.25) is 0 Å². The van der Waals surface area contributed by atoms with Gasteiger partial charge < -0.3 is 13.9 Å². The molecule has 0 spiro atoms. The zero-order valence-electron chi connectivity index (χ0n) is 12.8. The zero-order chi connectivity index (χ0) is 15.7. The van der Waals surface area contributed by atoms with Crippen LogP contribution in [-0.2, 0) is 24.3 Å². The number of pyridine rings is 1. The number of carbonyl (C=O) groups is 1. The Hall–Kier alpha value is -2.37. The molecule has 116 valence electrons. The number of hydrogen-bond acceptors (Lipinski definition) is 4. The molecule has 0 aliphatic carbocycles. The number of hydrogen-bond donors (Lipinski definition) is 0. The van der Waals surface area contributed by atoms with E-state index in [9.17, 15) is 9.59 Å². The van der Waals surface area contributed by atoms with E-state index in [1.807, 2.05) is 13.8 Å². The number of rotatable bonds is 3. The molecule has 1 aliphatic rings. The third kappa shape index (κ3) is 2.81. The maximum atomic E-state index is 12.4. The lowest BCUT2D eigenvalue weighted by Gasteiger charge is -2.25. The van der Waals surface area contributed by atoms with Gasteiger partial charge in [0.05, 0.1) is 6.54 Å². The van der Waals surface area contributed by atoms with Crippen molar-refractivity contribution in [1.82, 2.24) is 14.5 Å². The normalized spacial score (nSPS) is 14.2. The molecular formula is C16H19N3O3. The average molecular weight is 301 g/mol. The van der Waals surface area contributed by atoms with Crippen LogP contribution in [0.25, 0.3) is 0 Å². The minimum Gasteiger partial charge on any atom is -0.445 e. The van der Waals surface area contributed by atoms with Gasteiger partial charge in [0.25, 0.3) is 5.56 Å². The van der Waals surface area contributed by atoms with Gasteiger partial charge >= 0.3 is 0 Å². The summed E-state index contributed by atoms with van der Waals surface area (Å²) in [5.41, 5.74) is 0.667. The molecule has 0 fully saturated rings. The lowest BCUT2D eigenvalue weighted by molar-refractivity contribution is -0.132. The highest BCUT2D eigenvalue weighted by Crippen LogP contribution is 2.23. The molecule has 3 rings (SSSR count). The SMILES string of the molecule is CC(C)c1nc2c(o1)CCN(C(=O)Cn1ccccc1=O)C2. The van der Waals surface area contributed by atoms with Crippen molar-refractivity contribution >= 4 is 5.91 Å². The van der Waals surface area contributed by atoms with Crippen LogP contribution >= 0.6 is 0 Å². The second-order valence-corrected chi connectivity index (χ2v) is 5.81. The standard InChI is InChI=1S/C16H19N3O3/c1-11(2)16-17-12-9-19(8-6-13(12)22-16)15(21)10-18-7-4-3-5-14(18)20/h3-5,7,11H,6,8-10H2,1-2H3. The summed E-state index contributed by atoms with van der Waals surface area (Å²) in [5, 5.41) is 0. The number of aromatic nitrogens is 2. The summed E-state index contributed by atoms with van der Waals surface area (Å²) >= 11 is 0. The number of fused-ring (bicyclic) bond motifs is 1. The third-order valence-electron chi connectivity index (χ3n) is 3.80. The van der Waals surface area contributed by atoms with Crippen LogP contribution in [0.5, 0.6) is 0 Å². The Balaban J connectivity index is 1.72. The molecule has 3 heterocycles. The molecule has 0 saturated heterocycles. The summed E-state index contributed by atoms with van der Waals surface area (Å²) in [6.07, 6.45) is 2.30. The molecule has 0 saturated carbocycles. The number of amides is 1. The lowest BCUT2D eigenvalue weighted by atomic mass is 10.1. The van der Waals surface area contributed by atoms with Crippen LogP contribution in [0.15, 0.2) is 33.6 Å². The second kappa shape index (κ2) is 5.79. The van der Waals surface area contributed by atoms with Gasteiger partial charge in [-0.15, -0.1) is 0 Å². The fraction of sp³-hybridized carbons (Fsp3) is 0.438. The quantitative estimate of drug-likeness (QED) is 0.862. The van der Waals surface area contributed by atoms with Crippen LogP contribution in [-0.4, -0.2) is 26.9 Å². The molecule has 0 N–H and O–H groups in total. The van der Waals surface area contributed by atoms with Crippen LogP contribution < -0.4 is 5.56 Å². The van der Waals surface area contributed by atoms with Gasteiger partial charge in [-0.05, 0) is 6.07 Å². The van der Waals surface area contributed by atoms with Gasteiger partial charge in [-0.25, -0.2) is 4.98 Å². The summed E-state index contributed by atoms with van der Waals surface area (Å²) < 4.78 is 7.15. The van der Waals surface area contributed by atoms with Crippen molar-refractivity contribution in [3.8, 4) is 0 Å². The Kier molecular flexibility index (Phi) is 3.83. The molecule has 22 heavy (non-hydrogen) atoms. The summed E-state index contributed by atoms with van der Waals surface area (Å²) in [4.78, 5) is 30.3. The lowest BCUT2D eigenvalue weighted by Crippen LogP contribution is -2.39. The van der Waals surface area contributed by atoms with E-state index in [4.69, 9.17) is 4.42 Å². The Morgan fingerprint density at radius 2 is 2.23 bits per heavy atom. The maximum Gasteiger partial charge on any atom is 0.250 e. The van der Waals surface area contributed by atoms with Crippen molar-refractivity contribution in [1.29, 1.82) is 0 Å². The molecule has 0 atom stereocenters. The Morgan fingerprint density at radius 3 is 2.95 bits per heavy atom. The molecule has 1 amide bonds. The van der Waals surface area contributed by atoms with Crippen LogP contribution in [0.4, 0.5) is 0 Å². The van der Waals surface area contributed by atoms with Gasteiger partial charge in [0.1, 0.15) is 18.0 Å². The fourth-order valence-electron chi connectivity index (χ4n) is 2.52. The van der Waals surface area contributed by atoms with E-state index >= 15 is 0 Å². The Morgan fingerprint density at radius 1 is 1.41 bits per heavy atom.